The fourth-order valence-electron chi connectivity index (χ4n) is 2.31. The molecule has 0 spiro atoms. The maximum Gasteiger partial charge on any atom is 0.299 e. The van der Waals surface area contributed by atoms with E-state index in [4.69, 9.17) is 4.74 Å². The summed E-state index contributed by atoms with van der Waals surface area (Å²) in [7, 11) is 0. The zero-order valence-corrected chi connectivity index (χ0v) is 9.82. The molecule has 1 unspecified atom stereocenters. The second-order valence-corrected chi connectivity index (χ2v) is 4.62. The molecule has 1 amide bonds. The normalized spacial score (nSPS) is 22.0. The number of ether oxygens (including phenoxy) is 1. The molecule has 17 heavy (non-hydrogen) atoms. The Hall–Kier alpha value is -1.68. The van der Waals surface area contributed by atoms with Crippen molar-refractivity contribution in [1.82, 2.24) is 0 Å². The molecule has 0 aromatic heterocycles. The first-order valence-corrected chi connectivity index (χ1v) is 5.67. The lowest BCUT2D eigenvalue weighted by Gasteiger charge is -2.17. The highest BCUT2D eigenvalue weighted by molar-refractivity contribution is 6.52. The van der Waals surface area contributed by atoms with Gasteiger partial charge in [-0.1, -0.05) is 12.1 Å². The Balaban J connectivity index is 2.13. The Morgan fingerprint density at radius 1 is 1.29 bits per heavy atom. The van der Waals surface area contributed by atoms with Crippen molar-refractivity contribution in [2.24, 2.45) is 0 Å². The van der Waals surface area contributed by atoms with E-state index in [9.17, 15) is 9.59 Å². The Bertz CT molecular complexity index is 532. The number of benzene rings is 1. The molecule has 1 saturated heterocycles. The molecule has 0 aliphatic carbocycles. The van der Waals surface area contributed by atoms with Gasteiger partial charge in [-0.15, -0.1) is 0 Å². The number of rotatable bonds is 2. The van der Waals surface area contributed by atoms with Gasteiger partial charge in [0.25, 0.3) is 11.7 Å². The van der Waals surface area contributed by atoms with Crippen molar-refractivity contribution in [3.63, 3.8) is 0 Å². The highest BCUT2D eigenvalue weighted by Gasteiger charge is 2.41. The van der Waals surface area contributed by atoms with Crippen LogP contribution in [0.15, 0.2) is 12.1 Å². The highest BCUT2D eigenvalue weighted by atomic mass is 16.6. The van der Waals surface area contributed by atoms with Crippen molar-refractivity contribution in [2.45, 2.75) is 20.0 Å². The van der Waals surface area contributed by atoms with Gasteiger partial charge in [-0.3, -0.25) is 9.59 Å². The third kappa shape index (κ3) is 1.48. The number of fused-ring (bicyclic) bond motifs is 1. The molecule has 3 rings (SSSR count). The summed E-state index contributed by atoms with van der Waals surface area (Å²) >= 11 is 0. The Morgan fingerprint density at radius 3 is 2.59 bits per heavy atom. The van der Waals surface area contributed by atoms with Crippen LogP contribution in [0, 0.1) is 13.8 Å². The number of amides is 1. The summed E-state index contributed by atoms with van der Waals surface area (Å²) < 4.78 is 5.13. The van der Waals surface area contributed by atoms with Gasteiger partial charge in [0.2, 0.25) is 0 Å². The minimum absolute atomic E-state index is 0.0950. The van der Waals surface area contributed by atoms with Crippen LogP contribution in [-0.2, 0) is 9.53 Å². The second-order valence-electron chi connectivity index (χ2n) is 4.62. The van der Waals surface area contributed by atoms with Gasteiger partial charge in [-0.2, -0.15) is 0 Å². The molecular weight excluding hydrogens is 218 g/mol. The zero-order valence-electron chi connectivity index (χ0n) is 9.82. The van der Waals surface area contributed by atoms with Crippen molar-refractivity contribution < 1.29 is 14.3 Å². The summed E-state index contributed by atoms with van der Waals surface area (Å²) in [5, 5.41) is 0. The first-order valence-electron chi connectivity index (χ1n) is 5.67. The van der Waals surface area contributed by atoms with E-state index in [1.807, 2.05) is 26.0 Å². The molecule has 0 N–H and O–H groups in total. The molecule has 88 valence electrons. The summed E-state index contributed by atoms with van der Waals surface area (Å²) in [4.78, 5) is 25.5. The summed E-state index contributed by atoms with van der Waals surface area (Å²) in [6.45, 7) is 4.95. The number of hydrogen-bond acceptors (Lipinski definition) is 3. The Kier molecular flexibility index (Phi) is 2.10. The van der Waals surface area contributed by atoms with Crippen LogP contribution < -0.4 is 4.90 Å². The number of anilines is 1. The molecule has 1 fully saturated rings. The van der Waals surface area contributed by atoms with Crippen molar-refractivity contribution in [1.29, 1.82) is 0 Å². The second kappa shape index (κ2) is 3.40. The van der Waals surface area contributed by atoms with Crippen LogP contribution in [0.1, 0.15) is 21.5 Å². The van der Waals surface area contributed by atoms with Gasteiger partial charge in [0.05, 0.1) is 30.5 Å². The van der Waals surface area contributed by atoms with Gasteiger partial charge in [0.15, 0.2) is 0 Å². The van der Waals surface area contributed by atoms with Crippen LogP contribution in [0.5, 0.6) is 0 Å². The minimum atomic E-state index is -0.423. The summed E-state index contributed by atoms with van der Waals surface area (Å²) in [5.74, 6) is -0.810. The van der Waals surface area contributed by atoms with E-state index in [0.29, 0.717) is 18.7 Å². The van der Waals surface area contributed by atoms with Crippen LogP contribution >= 0.6 is 0 Å². The maximum atomic E-state index is 12.0. The average molecular weight is 231 g/mol. The van der Waals surface area contributed by atoms with E-state index in [0.717, 1.165) is 16.8 Å². The molecule has 0 saturated carbocycles. The Morgan fingerprint density at radius 2 is 1.94 bits per heavy atom. The molecule has 1 aromatic carbocycles. The lowest BCUT2D eigenvalue weighted by atomic mass is 10.0. The molecule has 1 atom stereocenters. The predicted molar refractivity (Wildman–Crippen MR) is 62.3 cm³/mol. The van der Waals surface area contributed by atoms with E-state index in [1.165, 1.54) is 0 Å². The van der Waals surface area contributed by atoms with Crippen LogP contribution in [0.4, 0.5) is 5.69 Å². The zero-order chi connectivity index (χ0) is 12.2. The largest absolute Gasteiger partial charge is 0.371 e. The van der Waals surface area contributed by atoms with Crippen LogP contribution in [-0.4, -0.2) is 30.9 Å². The van der Waals surface area contributed by atoms with Crippen LogP contribution in [0.2, 0.25) is 0 Å². The summed E-state index contributed by atoms with van der Waals surface area (Å²) in [6.07, 6.45) is 0.0950. The van der Waals surface area contributed by atoms with Crippen molar-refractivity contribution >= 4 is 17.4 Å². The number of nitrogens with zero attached hydrogens (tertiary/aromatic N) is 1. The highest BCUT2D eigenvalue weighted by Crippen LogP contribution is 2.35. The molecule has 2 aliphatic rings. The fraction of sp³-hybridized carbons (Fsp3) is 0.385. The maximum absolute atomic E-state index is 12.0. The quantitative estimate of drug-likeness (QED) is 0.568. The molecule has 2 heterocycles. The van der Waals surface area contributed by atoms with Gasteiger partial charge in [0.1, 0.15) is 0 Å². The number of carbonyl (C=O) groups excluding carboxylic acids is 2. The first-order chi connectivity index (χ1) is 8.09. The first kappa shape index (κ1) is 10.5. The lowest BCUT2D eigenvalue weighted by molar-refractivity contribution is -0.114. The topological polar surface area (TPSA) is 49.9 Å². The third-order valence-corrected chi connectivity index (χ3v) is 3.31. The van der Waals surface area contributed by atoms with Gasteiger partial charge in [0, 0.05) is 0 Å². The SMILES string of the molecule is Cc1ccc(C)c2c1C(=O)C(=O)N2CC1CO1. The molecule has 4 nitrogen and oxygen atoms in total. The van der Waals surface area contributed by atoms with E-state index in [1.54, 1.807) is 4.90 Å². The van der Waals surface area contributed by atoms with E-state index in [2.05, 4.69) is 0 Å². The molecule has 0 radical (unpaired) electrons. The molecule has 1 aromatic rings. The van der Waals surface area contributed by atoms with Crippen molar-refractivity contribution in [2.75, 3.05) is 18.1 Å². The van der Waals surface area contributed by atoms with E-state index < -0.39 is 5.91 Å². The fourth-order valence-corrected chi connectivity index (χ4v) is 2.31. The molecular formula is C13H13NO3. The van der Waals surface area contributed by atoms with Crippen LogP contribution in [0.25, 0.3) is 0 Å². The van der Waals surface area contributed by atoms with Gasteiger partial charge in [-0.05, 0) is 25.0 Å². The average Bonchev–Trinajstić information content (AvgIpc) is 3.07. The predicted octanol–water partition coefficient (Wildman–Crippen LogP) is 1.23. The monoisotopic (exact) mass is 231 g/mol. The van der Waals surface area contributed by atoms with E-state index in [-0.39, 0.29) is 11.9 Å². The number of epoxide rings is 1. The number of ketones is 1. The van der Waals surface area contributed by atoms with E-state index >= 15 is 0 Å². The summed E-state index contributed by atoms with van der Waals surface area (Å²) in [5.41, 5.74) is 3.17. The number of Topliss-reactive ketones (excluding diaryl/α,β-unsaturated/α-hetero) is 1. The van der Waals surface area contributed by atoms with Gasteiger partial charge >= 0.3 is 0 Å². The number of aryl methyl sites for hydroxylation is 2. The minimum Gasteiger partial charge on any atom is -0.371 e. The number of carbonyl (C=O) groups is 2. The van der Waals surface area contributed by atoms with Crippen LogP contribution in [0.3, 0.4) is 0 Å². The van der Waals surface area contributed by atoms with Gasteiger partial charge < -0.3 is 9.64 Å². The lowest BCUT2D eigenvalue weighted by Crippen LogP contribution is -2.33. The smallest absolute Gasteiger partial charge is 0.299 e. The third-order valence-electron chi connectivity index (χ3n) is 3.31. The molecule has 4 heteroatoms. The standard InChI is InChI=1S/C13H13NO3/c1-7-3-4-8(2)11-10(7)12(15)13(16)14(11)5-9-6-17-9/h3-4,9H,5-6H2,1-2H3. The Labute approximate surface area is 99.2 Å². The van der Waals surface area contributed by atoms with Crippen molar-refractivity contribution in [3.8, 4) is 0 Å². The van der Waals surface area contributed by atoms with Gasteiger partial charge in [-0.25, -0.2) is 0 Å². The van der Waals surface area contributed by atoms with Crippen molar-refractivity contribution in [3.05, 3.63) is 28.8 Å². The molecule has 2 aliphatic heterocycles. The molecule has 0 bridgehead atoms. The number of hydrogen-bond donors (Lipinski definition) is 0. The summed E-state index contributed by atoms with van der Waals surface area (Å²) in [6, 6.07) is 3.83.